The van der Waals surface area contributed by atoms with Crippen LogP contribution in [0.25, 0.3) is 98.4 Å². The Morgan fingerprint density at radius 2 is 0.895 bits per heavy atom. The molecule has 2 aromatic heterocycles. The Morgan fingerprint density at radius 1 is 0.298 bits per heavy atom. The summed E-state index contributed by atoms with van der Waals surface area (Å²) in [5.41, 5.74) is 11.1. The van der Waals surface area contributed by atoms with Crippen LogP contribution in [-0.2, 0) is 0 Å². The van der Waals surface area contributed by atoms with Gasteiger partial charge < -0.3 is 13.7 Å². The third-order valence-electron chi connectivity index (χ3n) is 11.6. The minimum Gasteiger partial charge on any atom is -0.455 e. The predicted octanol–water partition coefficient (Wildman–Crippen LogP) is 15.7. The molecule has 12 rings (SSSR count). The van der Waals surface area contributed by atoms with Gasteiger partial charge >= 0.3 is 0 Å². The van der Waals surface area contributed by atoms with E-state index >= 15 is 0 Å². The van der Waals surface area contributed by atoms with Crippen molar-refractivity contribution in [3.63, 3.8) is 0 Å². The van der Waals surface area contributed by atoms with Gasteiger partial charge in [0.05, 0.1) is 5.69 Å². The fraction of sp³-hybridized carbons (Fsp3) is 0. The van der Waals surface area contributed by atoms with Gasteiger partial charge in [0.2, 0.25) is 0 Å². The molecule has 3 heteroatoms. The number of furan rings is 2. The Balaban J connectivity index is 1.11. The van der Waals surface area contributed by atoms with E-state index in [2.05, 4.69) is 193 Å². The van der Waals surface area contributed by atoms with Crippen LogP contribution in [0.5, 0.6) is 0 Å². The van der Waals surface area contributed by atoms with Crippen molar-refractivity contribution in [1.82, 2.24) is 0 Å². The van der Waals surface area contributed by atoms with E-state index in [1.54, 1.807) is 0 Å². The van der Waals surface area contributed by atoms with Crippen LogP contribution in [0.2, 0.25) is 0 Å². The first-order chi connectivity index (χ1) is 28.3. The number of hydrogen-bond acceptors (Lipinski definition) is 3. The van der Waals surface area contributed by atoms with Crippen molar-refractivity contribution in [3.05, 3.63) is 200 Å². The van der Waals surface area contributed by atoms with Gasteiger partial charge in [0, 0.05) is 49.9 Å². The van der Waals surface area contributed by atoms with Gasteiger partial charge in [-0.2, -0.15) is 0 Å². The van der Waals surface area contributed by atoms with E-state index in [4.69, 9.17) is 8.83 Å². The Hall–Kier alpha value is -7.62. The van der Waals surface area contributed by atoms with E-state index in [1.165, 1.54) is 26.9 Å². The standard InChI is InChI=1S/C54H33NO2/c1-2-14-35(15-3-1)48-32-40(33-50-51(48)52-45-20-8-6-17-42(45)43-18-7-9-21-46(43)54(52)57-50)55(39-30-25-34-13-4-5-16-37(34)31-39)38-28-26-36(27-29-38)41-22-12-23-47-44-19-10-11-24-49(44)56-53(41)47/h1-33H. The molecular weight excluding hydrogens is 695 g/mol. The molecule has 10 aromatic carbocycles. The minimum atomic E-state index is 0.849. The number of para-hydroxylation sites is 2. The summed E-state index contributed by atoms with van der Waals surface area (Å²) in [5, 5.41) is 11.6. The lowest BCUT2D eigenvalue weighted by molar-refractivity contribution is 0.670. The van der Waals surface area contributed by atoms with Gasteiger partial charge in [0.1, 0.15) is 22.3 Å². The third-order valence-corrected chi connectivity index (χ3v) is 11.6. The summed E-state index contributed by atoms with van der Waals surface area (Å²) in [6, 6.07) is 71.4. The molecule has 57 heavy (non-hydrogen) atoms. The highest BCUT2D eigenvalue weighted by atomic mass is 16.3. The molecule has 0 aliphatic rings. The first-order valence-electron chi connectivity index (χ1n) is 19.4. The molecule has 3 nitrogen and oxygen atoms in total. The molecule has 0 radical (unpaired) electrons. The van der Waals surface area contributed by atoms with Crippen LogP contribution in [0, 0.1) is 0 Å². The molecule has 0 saturated heterocycles. The Morgan fingerprint density at radius 3 is 1.72 bits per heavy atom. The van der Waals surface area contributed by atoms with E-state index in [9.17, 15) is 0 Å². The molecule has 0 N–H and O–H groups in total. The van der Waals surface area contributed by atoms with Crippen molar-refractivity contribution in [2.45, 2.75) is 0 Å². The summed E-state index contributed by atoms with van der Waals surface area (Å²) in [5.74, 6) is 0. The van der Waals surface area contributed by atoms with Crippen molar-refractivity contribution in [3.8, 4) is 22.3 Å². The summed E-state index contributed by atoms with van der Waals surface area (Å²) < 4.78 is 13.5. The second-order valence-electron chi connectivity index (χ2n) is 14.8. The van der Waals surface area contributed by atoms with Gasteiger partial charge in [0.25, 0.3) is 0 Å². The molecule has 0 aliphatic heterocycles. The summed E-state index contributed by atoms with van der Waals surface area (Å²) in [6.45, 7) is 0. The fourth-order valence-electron chi connectivity index (χ4n) is 9.01. The monoisotopic (exact) mass is 727 g/mol. The smallest absolute Gasteiger partial charge is 0.143 e. The maximum Gasteiger partial charge on any atom is 0.143 e. The predicted molar refractivity (Wildman–Crippen MR) is 239 cm³/mol. The highest BCUT2D eigenvalue weighted by Gasteiger charge is 2.23. The lowest BCUT2D eigenvalue weighted by Crippen LogP contribution is -2.10. The Kier molecular flexibility index (Phi) is 6.93. The van der Waals surface area contributed by atoms with Crippen molar-refractivity contribution < 1.29 is 8.83 Å². The molecule has 2 heterocycles. The second-order valence-corrected chi connectivity index (χ2v) is 14.8. The maximum absolute atomic E-state index is 7.07. The summed E-state index contributed by atoms with van der Waals surface area (Å²) in [6.07, 6.45) is 0. The molecule has 0 bridgehead atoms. The summed E-state index contributed by atoms with van der Waals surface area (Å²) in [4.78, 5) is 2.35. The SMILES string of the molecule is c1ccc(-c2cc(N(c3ccc(-c4cccc5c4oc4ccccc45)cc3)c3ccc4ccccc4c3)cc3oc4c5ccccc5c5ccccc5c4c23)cc1. The summed E-state index contributed by atoms with van der Waals surface area (Å²) >= 11 is 0. The Labute approximate surface area is 328 Å². The van der Waals surface area contributed by atoms with E-state index in [0.717, 1.165) is 88.6 Å². The van der Waals surface area contributed by atoms with Crippen LogP contribution in [0.4, 0.5) is 17.1 Å². The van der Waals surface area contributed by atoms with E-state index in [1.807, 2.05) is 12.1 Å². The zero-order valence-electron chi connectivity index (χ0n) is 30.8. The lowest BCUT2D eigenvalue weighted by atomic mass is 9.93. The van der Waals surface area contributed by atoms with Gasteiger partial charge in [-0.1, -0.05) is 158 Å². The number of rotatable bonds is 5. The largest absolute Gasteiger partial charge is 0.455 e. The van der Waals surface area contributed by atoms with Gasteiger partial charge in [-0.05, 0) is 80.0 Å². The van der Waals surface area contributed by atoms with Crippen LogP contribution in [0.15, 0.2) is 209 Å². The Bertz CT molecular complexity index is 3520. The van der Waals surface area contributed by atoms with Gasteiger partial charge in [-0.25, -0.2) is 0 Å². The van der Waals surface area contributed by atoms with Crippen molar-refractivity contribution in [2.75, 3.05) is 4.90 Å². The zero-order valence-corrected chi connectivity index (χ0v) is 30.8. The van der Waals surface area contributed by atoms with E-state index < -0.39 is 0 Å². The van der Waals surface area contributed by atoms with Crippen LogP contribution >= 0.6 is 0 Å². The molecule has 0 unspecified atom stereocenters. The topological polar surface area (TPSA) is 29.5 Å². The first kappa shape index (κ1) is 31.7. The third kappa shape index (κ3) is 4.92. The molecule has 0 saturated carbocycles. The van der Waals surface area contributed by atoms with Crippen LogP contribution in [0.3, 0.4) is 0 Å². The highest BCUT2D eigenvalue weighted by molar-refractivity contribution is 6.32. The van der Waals surface area contributed by atoms with Gasteiger partial charge in [-0.3, -0.25) is 0 Å². The zero-order chi connectivity index (χ0) is 37.5. The molecule has 0 spiro atoms. The van der Waals surface area contributed by atoms with Gasteiger partial charge in [0.15, 0.2) is 0 Å². The maximum atomic E-state index is 7.07. The number of hydrogen-bond donors (Lipinski definition) is 0. The van der Waals surface area contributed by atoms with Crippen LogP contribution in [0.1, 0.15) is 0 Å². The van der Waals surface area contributed by atoms with Crippen molar-refractivity contribution in [2.24, 2.45) is 0 Å². The molecule has 0 atom stereocenters. The minimum absolute atomic E-state index is 0.849. The number of benzene rings is 10. The van der Waals surface area contributed by atoms with E-state index in [-0.39, 0.29) is 0 Å². The van der Waals surface area contributed by atoms with E-state index in [0.29, 0.717) is 0 Å². The number of nitrogens with zero attached hydrogens (tertiary/aromatic N) is 1. The van der Waals surface area contributed by atoms with Crippen molar-refractivity contribution in [1.29, 1.82) is 0 Å². The van der Waals surface area contributed by atoms with Crippen LogP contribution in [-0.4, -0.2) is 0 Å². The highest BCUT2D eigenvalue weighted by Crippen LogP contribution is 2.48. The normalized spacial score (nSPS) is 11.9. The van der Waals surface area contributed by atoms with Crippen LogP contribution < -0.4 is 4.90 Å². The second kappa shape index (κ2) is 12.5. The number of fused-ring (bicyclic) bond motifs is 12. The molecule has 12 aromatic rings. The lowest BCUT2D eigenvalue weighted by Gasteiger charge is -2.27. The quantitative estimate of drug-likeness (QED) is 0.165. The molecule has 266 valence electrons. The van der Waals surface area contributed by atoms with Gasteiger partial charge in [-0.15, -0.1) is 0 Å². The average molecular weight is 728 g/mol. The molecule has 0 aliphatic carbocycles. The molecule has 0 fully saturated rings. The molecular formula is C54H33NO2. The average Bonchev–Trinajstić information content (AvgIpc) is 3.86. The van der Waals surface area contributed by atoms with Crippen molar-refractivity contribution >= 4 is 93.3 Å². The number of anilines is 3. The fourth-order valence-corrected chi connectivity index (χ4v) is 9.01. The summed E-state index contributed by atoms with van der Waals surface area (Å²) in [7, 11) is 0. The molecule has 0 amide bonds. The first-order valence-corrected chi connectivity index (χ1v) is 19.4.